The number of sulfonamides is 1. The number of carbonyl (C=O) groups excluding carboxylic acids is 1. The quantitative estimate of drug-likeness (QED) is 0.507. The molecule has 3 aromatic carbocycles. The summed E-state index contributed by atoms with van der Waals surface area (Å²) in [7, 11) is -3.62. The maximum Gasteiger partial charge on any atom is 0.265 e. The van der Waals surface area contributed by atoms with Crippen LogP contribution >= 0.6 is 11.6 Å². The third kappa shape index (κ3) is 5.07. The molecule has 1 saturated heterocycles. The van der Waals surface area contributed by atoms with Crippen LogP contribution in [0.15, 0.2) is 78.9 Å². The van der Waals surface area contributed by atoms with Gasteiger partial charge in [-0.3, -0.25) is 14.0 Å². The number of fused-ring (bicyclic) bond motifs is 1. The van der Waals surface area contributed by atoms with Crippen LogP contribution in [0.25, 0.3) is 0 Å². The molecule has 0 saturated carbocycles. The first-order chi connectivity index (χ1) is 17.3. The minimum atomic E-state index is -3.62. The summed E-state index contributed by atoms with van der Waals surface area (Å²) in [5.74, 6) is 0.126. The number of ether oxygens (including phenoxy) is 1. The highest BCUT2D eigenvalue weighted by Crippen LogP contribution is 2.37. The Kier molecular flexibility index (Phi) is 6.92. The fourth-order valence-corrected chi connectivity index (χ4v) is 6.03. The normalized spacial score (nSPS) is 18.6. The van der Waals surface area contributed by atoms with Gasteiger partial charge in [0.2, 0.25) is 10.0 Å². The molecule has 0 aliphatic carbocycles. The van der Waals surface area contributed by atoms with Crippen molar-refractivity contribution in [2.24, 2.45) is 0 Å². The fourth-order valence-electron chi connectivity index (χ4n) is 4.96. The van der Waals surface area contributed by atoms with Gasteiger partial charge in [-0.1, -0.05) is 72.3 Å². The van der Waals surface area contributed by atoms with Crippen LogP contribution in [-0.2, 0) is 14.8 Å². The van der Waals surface area contributed by atoms with Crippen molar-refractivity contribution in [3.8, 4) is 5.75 Å². The first-order valence-corrected chi connectivity index (χ1v) is 14.1. The van der Waals surface area contributed by atoms with E-state index in [0.717, 1.165) is 6.26 Å². The molecule has 9 heteroatoms. The molecule has 0 radical (unpaired) electrons. The van der Waals surface area contributed by atoms with Crippen LogP contribution in [-0.4, -0.2) is 69.2 Å². The van der Waals surface area contributed by atoms with E-state index in [9.17, 15) is 13.2 Å². The smallest absolute Gasteiger partial charge is 0.265 e. The van der Waals surface area contributed by atoms with E-state index in [-0.39, 0.29) is 18.5 Å². The predicted octanol–water partition coefficient (Wildman–Crippen LogP) is 3.80. The summed E-state index contributed by atoms with van der Waals surface area (Å²) in [4.78, 5) is 17.6. The number of anilines is 1. The van der Waals surface area contributed by atoms with Gasteiger partial charge in [-0.05, 0) is 29.3 Å². The van der Waals surface area contributed by atoms with Gasteiger partial charge < -0.3 is 9.64 Å². The van der Waals surface area contributed by atoms with E-state index in [2.05, 4.69) is 29.2 Å². The second-order valence-electron chi connectivity index (χ2n) is 9.10. The van der Waals surface area contributed by atoms with Crippen molar-refractivity contribution in [3.63, 3.8) is 0 Å². The molecule has 1 atom stereocenters. The number of hydrogen-bond donors (Lipinski definition) is 0. The van der Waals surface area contributed by atoms with Gasteiger partial charge in [-0.2, -0.15) is 0 Å². The molecule has 2 heterocycles. The number of hydrogen-bond acceptors (Lipinski definition) is 5. The van der Waals surface area contributed by atoms with Crippen molar-refractivity contribution in [2.75, 3.05) is 43.3 Å². The van der Waals surface area contributed by atoms with Crippen LogP contribution in [0.2, 0.25) is 5.02 Å². The van der Waals surface area contributed by atoms with E-state index in [1.54, 1.807) is 23.1 Å². The van der Waals surface area contributed by atoms with Gasteiger partial charge in [0, 0.05) is 31.2 Å². The highest BCUT2D eigenvalue weighted by molar-refractivity contribution is 7.92. The molecule has 1 fully saturated rings. The van der Waals surface area contributed by atoms with E-state index in [0.29, 0.717) is 42.6 Å². The Morgan fingerprint density at radius 3 is 2.06 bits per heavy atom. The summed E-state index contributed by atoms with van der Waals surface area (Å²) in [5, 5.41) is 0.401. The molecule has 3 aromatic rings. The molecule has 0 aromatic heterocycles. The zero-order chi connectivity index (χ0) is 25.3. The van der Waals surface area contributed by atoms with Crippen molar-refractivity contribution in [1.29, 1.82) is 0 Å². The van der Waals surface area contributed by atoms with Gasteiger partial charge in [0.05, 0.1) is 24.5 Å². The van der Waals surface area contributed by atoms with E-state index in [4.69, 9.17) is 16.3 Å². The average molecular weight is 526 g/mol. The molecule has 2 aliphatic rings. The highest BCUT2D eigenvalue weighted by atomic mass is 35.5. The van der Waals surface area contributed by atoms with Crippen LogP contribution in [0.5, 0.6) is 5.75 Å². The number of nitrogens with zero attached hydrogens (tertiary/aromatic N) is 3. The third-order valence-corrected chi connectivity index (χ3v) is 8.07. The lowest BCUT2D eigenvalue weighted by Gasteiger charge is -2.42. The number of benzene rings is 3. The summed E-state index contributed by atoms with van der Waals surface area (Å²) in [6.07, 6.45) is 0.204. The lowest BCUT2D eigenvalue weighted by molar-refractivity contribution is -0.140. The van der Waals surface area contributed by atoms with Crippen molar-refractivity contribution < 1.29 is 17.9 Å². The lowest BCUT2D eigenvalue weighted by atomic mass is 9.96. The molecule has 5 rings (SSSR count). The molecule has 0 bridgehead atoms. The summed E-state index contributed by atoms with van der Waals surface area (Å²) in [6.45, 7) is 2.36. The van der Waals surface area contributed by atoms with Crippen LogP contribution in [0.1, 0.15) is 17.2 Å². The van der Waals surface area contributed by atoms with Crippen LogP contribution in [0.3, 0.4) is 0 Å². The average Bonchev–Trinajstić information content (AvgIpc) is 2.89. The zero-order valence-electron chi connectivity index (χ0n) is 20.0. The Bertz CT molecular complexity index is 1290. The van der Waals surface area contributed by atoms with Crippen molar-refractivity contribution in [3.05, 3.63) is 95.0 Å². The minimum absolute atomic E-state index is 0.0815. The van der Waals surface area contributed by atoms with E-state index >= 15 is 0 Å². The molecule has 0 spiro atoms. The second kappa shape index (κ2) is 10.1. The van der Waals surface area contributed by atoms with E-state index in [1.165, 1.54) is 15.4 Å². The SMILES string of the molecule is CS(=O)(=O)N1C[C@@H](C(=O)N2CCN(C(c3ccccc3)c3ccccc3)CC2)Oc2ccc(Cl)cc21. The van der Waals surface area contributed by atoms with Gasteiger partial charge in [0.15, 0.2) is 6.10 Å². The maximum absolute atomic E-state index is 13.5. The molecule has 7 nitrogen and oxygen atoms in total. The van der Waals surface area contributed by atoms with Crippen LogP contribution in [0, 0.1) is 0 Å². The van der Waals surface area contributed by atoms with Crippen molar-refractivity contribution in [1.82, 2.24) is 9.80 Å². The van der Waals surface area contributed by atoms with E-state index in [1.807, 2.05) is 36.4 Å². The molecular formula is C27H28ClN3O4S. The Morgan fingerprint density at radius 1 is 0.917 bits per heavy atom. The molecule has 1 amide bonds. The zero-order valence-corrected chi connectivity index (χ0v) is 21.5. The monoisotopic (exact) mass is 525 g/mol. The predicted molar refractivity (Wildman–Crippen MR) is 141 cm³/mol. The molecule has 188 valence electrons. The summed E-state index contributed by atoms with van der Waals surface area (Å²) in [6, 6.07) is 25.6. The van der Waals surface area contributed by atoms with Crippen molar-refractivity contribution in [2.45, 2.75) is 12.1 Å². The van der Waals surface area contributed by atoms with Gasteiger partial charge in [0.1, 0.15) is 5.75 Å². The molecule has 2 aliphatic heterocycles. The number of rotatable bonds is 5. The molecule has 36 heavy (non-hydrogen) atoms. The Hall–Kier alpha value is -3.07. The minimum Gasteiger partial charge on any atom is -0.476 e. The second-order valence-corrected chi connectivity index (χ2v) is 11.4. The van der Waals surface area contributed by atoms with Crippen LogP contribution in [0.4, 0.5) is 5.69 Å². The number of amides is 1. The number of piperazine rings is 1. The first-order valence-electron chi connectivity index (χ1n) is 11.9. The Labute approximate surface area is 216 Å². The maximum atomic E-state index is 13.5. The van der Waals surface area contributed by atoms with Crippen LogP contribution < -0.4 is 9.04 Å². The molecule has 0 unspecified atom stereocenters. The lowest BCUT2D eigenvalue weighted by Crippen LogP contribution is -2.56. The largest absolute Gasteiger partial charge is 0.476 e. The summed E-state index contributed by atoms with van der Waals surface area (Å²) < 4.78 is 32.2. The molecular weight excluding hydrogens is 498 g/mol. The van der Waals surface area contributed by atoms with Gasteiger partial charge >= 0.3 is 0 Å². The van der Waals surface area contributed by atoms with E-state index < -0.39 is 16.1 Å². The highest BCUT2D eigenvalue weighted by Gasteiger charge is 2.38. The summed E-state index contributed by atoms with van der Waals surface area (Å²) in [5.41, 5.74) is 2.77. The van der Waals surface area contributed by atoms with Crippen molar-refractivity contribution >= 4 is 33.2 Å². The summed E-state index contributed by atoms with van der Waals surface area (Å²) >= 11 is 6.08. The number of carbonyl (C=O) groups is 1. The fraction of sp³-hybridized carbons (Fsp3) is 0.296. The number of halogens is 1. The standard InChI is InChI=1S/C27H28ClN3O4S/c1-36(33,34)31-19-25(35-24-13-12-22(28)18-23(24)31)27(32)30-16-14-29(15-17-30)26(20-8-4-2-5-9-20)21-10-6-3-7-11-21/h2-13,18,25-26H,14-17,19H2,1H3/t25-/m0/s1. The Morgan fingerprint density at radius 2 is 1.50 bits per heavy atom. The van der Waals surface area contributed by atoms with Gasteiger partial charge in [-0.15, -0.1) is 0 Å². The topological polar surface area (TPSA) is 70.2 Å². The van der Waals surface area contributed by atoms with Gasteiger partial charge in [0.25, 0.3) is 5.91 Å². The van der Waals surface area contributed by atoms with Gasteiger partial charge in [-0.25, -0.2) is 8.42 Å². The third-order valence-electron chi connectivity index (χ3n) is 6.69. The molecule has 0 N–H and O–H groups in total. The first kappa shape index (κ1) is 24.6. The Balaban J connectivity index is 1.32.